The minimum atomic E-state index is -4.81. The average Bonchev–Trinajstić information content (AvgIpc) is 3.28. The number of hydrogen-bond acceptors (Lipinski definition) is 9. The van der Waals surface area contributed by atoms with E-state index in [9.17, 15) is 22.8 Å². The van der Waals surface area contributed by atoms with Crippen LogP contribution in [0.2, 0.25) is 0 Å². The van der Waals surface area contributed by atoms with Gasteiger partial charge < -0.3 is 25.4 Å². The molecule has 12 nitrogen and oxygen atoms in total. The van der Waals surface area contributed by atoms with Gasteiger partial charge in [-0.15, -0.1) is 18.3 Å². The predicted octanol–water partition coefficient (Wildman–Crippen LogP) is 2.98. The molecule has 36 heavy (non-hydrogen) atoms. The molecule has 2 aromatic rings. The van der Waals surface area contributed by atoms with Crippen LogP contribution in [0.15, 0.2) is 47.5 Å². The van der Waals surface area contributed by atoms with Crippen molar-refractivity contribution in [3.63, 3.8) is 0 Å². The van der Waals surface area contributed by atoms with Crippen LogP contribution >= 0.6 is 0 Å². The van der Waals surface area contributed by atoms with Gasteiger partial charge >= 0.3 is 12.5 Å². The van der Waals surface area contributed by atoms with Gasteiger partial charge in [0.25, 0.3) is 5.91 Å². The van der Waals surface area contributed by atoms with E-state index in [1.54, 1.807) is 17.8 Å². The lowest BCUT2D eigenvalue weighted by atomic mass is 10.2. The van der Waals surface area contributed by atoms with E-state index in [1.807, 2.05) is 0 Å². The molecule has 1 heterocycles. The summed E-state index contributed by atoms with van der Waals surface area (Å²) in [5.74, 6) is -1.06. The van der Waals surface area contributed by atoms with Gasteiger partial charge in [0.2, 0.25) is 0 Å². The Morgan fingerprint density at radius 1 is 1.22 bits per heavy atom. The number of aryl methyl sites for hydroxylation is 1. The van der Waals surface area contributed by atoms with Crippen molar-refractivity contribution >= 4 is 12.0 Å². The van der Waals surface area contributed by atoms with Crippen molar-refractivity contribution in [2.24, 2.45) is 5.11 Å². The first kappa shape index (κ1) is 28.1. The number of ether oxygens (including phenoxy) is 2. The van der Waals surface area contributed by atoms with Crippen molar-refractivity contribution in [2.75, 3.05) is 13.2 Å². The number of hydrogen-bond donors (Lipinski definition) is 4. The van der Waals surface area contributed by atoms with Gasteiger partial charge in [-0.25, -0.2) is 10.3 Å². The van der Waals surface area contributed by atoms with Crippen LogP contribution in [-0.4, -0.2) is 46.5 Å². The van der Waals surface area contributed by atoms with Crippen LogP contribution in [0.4, 0.5) is 18.0 Å². The number of carbonyl (C=O) groups is 2. The third-order valence-corrected chi connectivity index (χ3v) is 4.41. The van der Waals surface area contributed by atoms with E-state index in [2.05, 4.69) is 36.1 Å². The van der Waals surface area contributed by atoms with Crippen LogP contribution in [-0.2, 0) is 29.2 Å². The van der Waals surface area contributed by atoms with E-state index in [4.69, 9.17) is 10.3 Å². The molecular weight excluding hydrogens is 485 g/mol. The van der Waals surface area contributed by atoms with E-state index in [1.165, 1.54) is 18.3 Å². The number of nitrogens with one attached hydrogen (secondary N) is 4. The fourth-order valence-electron chi connectivity index (χ4n) is 2.82. The van der Waals surface area contributed by atoms with E-state index in [0.717, 1.165) is 18.6 Å². The van der Waals surface area contributed by atoms with Crippen molar-refractivity contribution in [1.29, 1.82) is 5.53 Å². The summed E-state index contributed by atoms with van der Waals surface area (Å²) < 4.78 is 47.3. The molecule has 0 aliphatic rings. The maximum atomic E-state index is 12.3. The molecule has 1 aromatic carbocycles. The summed E-state index contributed by atoms with van der Waals surface area (Å²) in [6.45, 7) is 3.21. The lowest BCUT2D eigenvalue weighted by molar-refractivity contribution is -0.274. The number of alkyl carbamates (subject to hydrolysis) is 1. The van der Waals surface area contributed by atoms with Gasteiger partial charge in [0.05, 0.1) is 19.3 Å². The van der Waals surface area contributed by atoms with Gasteiger partial charge in [-0.2, -0.15) is 5.11 Å². The first-order valence-corrected chi connectivity index (χ1v) is 10.9. The fourth-order valence-corrected chi connectivity index (χ4v) is 2.82. The monoisotopic (exact) mass is 512 g/mol. The number of alkyl halides is 3. The van der Waals surface area contributed by atoms with Gasteiger partial charge in [-0.05, 0) is 37.5 Å². The Balaban J connectivity index is 1.69. The van der Waals surface area contributed by atoms with Gasteiger partial charge in [-0.1, -0.05) is 17.3 Å². The predicted molar refractivity (Wildman–Crippen MR) is 119 cm³/mol. The van der Waals surface area contributed by atoms with E-state index in [0.29, 0.717) is 30.8 Å². The highest BCUT2D eigenvalue weighted by Crippen LogP contribution is 2.23. The third-order valence-electron chi connectivity index (χ3n) is 4.41. The second-order valence-corrected chi connectivity index (χ2v) is 7.23. The summed E-state index contributed by atoms with van der Waals surface area (Å²) >= 11 is 0. The van der Waals surface area contributed by atoms with Crippen molar-refractivity contribution in [3.05, 3.63) is 53.6 Å². The molecule has 0 atom stereocenters. The quantitative estimate of drug-likeness (QED) is 0.172. The largest absolute Gasteiger partial charge is 0.573 e. The second kappa shape index (κ2) is 14.3. The average molecular weight is 512 g/mol. The molecule has 0 aliphatic heterocycles. The molecule has 0 saturated carbocycles. The normalized spacial score (nSPS) is 11.5. The second-order valence-electron chi connectivity index (χ2n) is 7.23. The number of unbranched alkanes of at least 4 members (excludes halogenated alkanes) is 1. The Labute approximate surface area is 204 Å². The van der Waals surface area contributed by atoms with Crippen LogP contribution in [0, 0.1) is 5.53 Å². The Morgan fingerprint density at radius 2 is 2.03 bits per heavy atom. The molecule has 1 aromatic heterocycles. The fraction of sp³-hybridized carbons (Fsp3) is 0.429. The summed E-state index contributed by atoms with van der Waals surface area (Å²) in [7, 11) is 0. The number of rotatable bonds is 14. The van der Waals surface area contributed by atoms with Crippen LogP contribution in [0.25, 0.3) is 0 Å². The number of aromatic nitrogens is 3. The smallest absolute Gasteiger partial charge is 0.450 e. The number of benzene rings is 1. The lowest BCUT2D eigenvalue weighted by Gasteiger charge is -2.10. The highest BCUT2D eigenvalue weighted by Gasteiger charge is 2.31. The summed E-state index contributed by atoms with van der Waals surface area (Å²) in [5, 5.41) is 19.1. The van der Waals surface area contributed by atoms with Crippen molar-refractivity contribution in [1.82, 2.24) is 30.9 Å². The van der Waals surface area contributed by atoms with Crippen LogP contribution in [0.1, 0.15) is 31.0 Å². The molecule has 2 rings (SSSR count). The lowest BCUT2D eigenvalue weighted by Crippen LogP contribution is -2.25. The number of halogens is 3. The molecule has 0 bridgehead atoms. The Morgan fingerprint density at radius 3 is 2.75 bits per heavy atom. The Hall–Kier alpha value is -4.17. The zero-order valence-electron chi connectivity index (χ0n) is 19.5. The molecule has 15 heteroatoms. The van der Waals surface area contributed by atoms with Gasteiger partial charge in [-0.3, -0.25) is 9.48 Å². The summed E-state index contributed by atoms with van der Waals surface area (Å²) in [6, 6.07) is 5.20. The minimum Gasteiger partial charge on any atom is -0.450 e. The topological polar surface area (TPSA) is 156 Å². The highest BCUT2D eigenvalue weighted by atomic mass is 19.4. The maximum Gasteiger partial charge on any atom is 0.573 e. The SMILES string of the molecule is CCOC(=O)NCc1cn(CCCCN/C=C(\N=N)C(=O)NCc2cccc(OC(F)(F)F)c2)nn1. The van der Waals surface area contributed by atoms with Gasteiger partial charge in [0.1, 0.15) is 11.4 Å². The maximum absolute atomic E-state index is 12.3. The molecular formula is C21H27F3N8O4. The zero-order chi connectivity index (χ0) is 26.4. The summed E-state index contributed by atoms with van der Waals surface area (Å²) in [5.41, 5.74) is 7.97. The summed E-state index contributed by atoms with van der Waals surface area (Å²) in [6.07, 6.45) is -0.875. The van der Waals surface area contributed by atoms with Crippen molar-refractivity contribution in [3.8, 4) is 5.75 Å². The Bertz CT molecular complexity index is 1040. The molecule has 0 spiro atoms. The third kappa shape index (κ3) is 10.8. The molecule has 0 aliphatic carbocycles. The van der Waals surface area contributed by atoms with Crippen molar-refractivity contribution < 1.29 is 32.2 Å². The number of carbonyl (C=O) groups excluding carboxylic acids is 2. The first-order valence-electron chi connectivity index (χ1n) is 10.9. The molecule has 0 unspecified atom stereocenters. The molecule has 2 amide bonds. The van der Waals surface area contributed by atoms with Crippen molar-refractivity contribution in [2.45, 2.75) is 45.8 Å². The highest BCUT2D eigenvalue weighted by molar-refractivity contribution is 5.92. The number of nitrogens with zero attached hydrogens (tertiary/aromatic N) is 4. The number of amides is 2. The summed E-state index contributed by atoms with van der Waals surface area (Å²) in [4.78, 5) is 23.5. The zero-order valence-corrected chi connectivity index (χ0v) is 19.5. The van der Waals surface area contributed by atoms with E-state index in [-0.39, 0.29) is 25.4 Å². The molecule has 0 radical (unpaired) electrons. The van der Waals surface area contributed by atoms with E-state index < -0.39 is 24.1 Å². The standard InChI is InChI=1S/C21H27F3N8O4/c1-2-35-20(34)28-12-16-14-32(31-30-16)9-4-3-8-26-13-18(29-25)19(33)27-11-15-6-5-7-17(10-15)36-21(22,23)24/h5-7,10,13-14,25-26H,2-4,8-9,11-12H2,1H3,(H,27,33)(H,28,34)/b18-13-,29-25?. The van der Waals surface area contributed by atoms with Crippen LogP contribution in [0.3, 0.4) is 0 Å². The van der Waals surface area contributed by atoms with E-state index >= 15 is 0 Å². The molecule has 4 N–H and O–H groups in total. The van der Waals surface area contributed by atoms with Gasteiger partial charge in [0, 0.05) is 25.8 Å². The molecule has 0 fully saturated rings. The van der Waals surface area contributed by atoms with Crippen LogP contribution < -0.4 is 20.7 Å². The first-order chi connectivity index (χ1) is 17.2. The van der Waals surface area contributed by atoms with Crippen LogP contribution in [0.5, 0.6) is 5.75 Å². The minimum absolute atomic E-state index is 0.0735. The molecule has 196 valence electrons. The van der Waals surface area contributed by atoms with Gasteiger partial charge in [0.15, 0.2) is 5.70 Å². The molecule has 0 saturated heterocycles. The Kier molecular flexibility index (Phi) is 11.1.